The van der Waals surface area contributed by atoms with E-state index in [9.17, 15) is 0 Å². The molecule has 0 atom stereocenters. The van der Waals surface area contributed by atoms with Crippen molar-refractivity contribution in [1.29, 1.82) is 0 Å². The average Bonchev–Trinajstić information content (AvgIpc) is 2.80. The van der Waals surface area contributed by atoms with Gasteiger partial charge in [-0.1, -0.05) is 33.7 Å². The summed E-state index contributed by atoms with van der Waals surface area (Å²) in [6.07, 6.45) is 5.35. The Morgan fingerprint density at radius 2 is 1.61 bits per heavy atom. The fourth-order valence-electron chi connectivity index (χ4n) is 1.22. The quantitative estimate of drug-likeness (QED) is 0.427. The largest absolute Gasteiger partial charge is 2.00 e. The minimum Gasteiger partial charge on any atom is -0.419 e. The van der Waals surface area contributed by atoms with Crippen LogP contribution < -0.4 is 0 Å². The van der Waals surface area contributed by atoms with E-state index in [1.165, 1.54) is 25.4 Å². The summed E-state index contributed by atoms with van der Waals surface area (Å²) in [4.78, 5) is 9.81. The number of hydrogen-bond acceptors (Lipinski definition) is 4. The molecule has 5 heteroatoms. The fraction of sp³-hybridized carbons (Fsp3) is 0.538. The zero-order chi connectivity index (χ0) is 12.2. The molecule has 105 valence electrons. The molecule has 1 rings (SSSR count). The molecule has 0 N–H and O–H groups in total. The van der Waals surface area contributed by atoms with Gasteiger partial charge in [-0.05, 0) is 12.8 Å². The Labute approximate surface area is 124 Å². The van der Waals surface area contributed by atoms with Crippen LogP contribution in [-0.4, -0.2) is 36.3 Å². The second-order valence-electron chi connectivity index (χ2n) is 3.11. The predicted octanol–water partition coefficient (Wildman–Crippen LogP) is 2.82. The van der Waals surface area contributed by atoms with Gasteiger partial charge in [-0.15, -0.1) is 5.06 Å². The van der Waals surface area contributed by atoms with Gasteiger partial charge in [0.25, 0.3) is 0 Å². The number of nitrogens with zero attached hydrogens (tertiary/aromatic N) is 2. The Morgan fingerprint density at radius 1 is 1.11 bits per heavy atom. The topological polar surface area (TPSA) is 24.9 Å². The molecular formula is C13H26N2O2V. The molecule has 0 spiro atoms. The number of hydrogen-bond donors (Lipinski definition) is 0. The Kier molecular flexibility index (Phi) is 20.9. The molecule has 0 aromatic rings. The first-order chi connectivity index (χ1) is 7.78. The maximum absolute atomic E-state index is 5.00. The standard InChI is InChI=1S/2C6H11NO.CH4.V/c1-2-8-7-5-3-4-6-7;1-4-7(5-2)8-6-3;;/h2H,1,3-6H2;6H,1-5H2;1H4;/q;-2;;+2. The van der Waals surface area contributed by atoms with Gasteiger partial charge < -0.3 is 23.5 Å². The maximum atomic E-state index is 5.00. The molecular weight excluding hydrogens is 267 g/mol. The first-order valence-electron chi connectivity index (χ1n) is 5.42. The van der Waals surface area contributed by atoms with Crippen molar-refractivity contribution in [3.8, 4) is 0 Å². The van der Waals surface area contributed by atoms with Crippen molar-refractivity contribution >= 4 is 0 Å². The zero-order valence-electron chi connectivity index (χ0n) is 10.4. The van der Waals surface area contributed by atoms with E-state index in [-0.39, 0.29) is 26.0 Å². The third-order valence-electron chi connectivity index (χ3n) is 2.01. The van der Waals surface area contributed by atoms with Crippen LogP contribution in [0.3, 0.4) is 0 Å². The molecule has 1 aliphatic heterocycles. The van der Waals surface area contributed by atoms with Crippen LogP contribution in [0.2, 0.25) is 0 Å². The average molecular weight is 293 g/mol. The number of rotatable bonds is 6. The summed E-state index contributed by atoms with van der Waals surface area (Å²) >= 11 is 0. The molecule has 1 fully saturated rings. The van der Waals surface area contributed by atoms with E-state index in [1.807, 2.05) is 5.06 Å². The van der Waals surface area contributed by atoms with Crippen LogP contribution in [0.4, 0.5) is 0 Å². The van der Waals surface area contributed by atoms with Crippen LogP contribution in [0.5, 0.6) is 0 Å². The van der Waals surface area contributed by atoms with Crippen LogP contribution in [0.15, 0.2) is 25.7 Å². The zero-order valence-corrected chi connectivity index (χ0v) is 11.8. The monoisotopic (exact) mass is 293 g/mol. The first-order valence-corrected chi connectivity index (χ1v) is 5.42. The smallest absolute Gasteiger partial charge is 0.419 e. The number of hydroxylamine groups is 4. The van der Waals surface area contributed by atoms with Gasteiger partial charge in [0.15, 0.2) is 0 Å². The van der Waals surface area contributed by atoms with E-state index in [1.54, 1.807) is 5.06 Å². The molecule has 1 radical (unpaired) electrons. The fourth-order valence-corrected chi connectivity index (χ4v) is 1.22. The molecule has 0 aromatic heterocycles. The van der Waals surface area contributed by atoms with Crippen molar-refractivity contribution in [2.45, 2.75) is 20.3 Å². The molecule has 0 unspecified atom stereocenters. The van der Waals surface area contributed by atoms with E-state index < -0.39 is 0 Å². The molecule has 1 heterocycles. The second kappa shape index (κ2) is 16.6. The van der Waals surface area contributed by atoms with E-state index in [2.05, 4.69) is 27.0 Å². The molecule has 1 saturated heterocycles. The van der Waals surface area contributed by atoms with Gasteiger partial charge in [-0.3, -0.25) is 0 Å². The molecule has 0 aromatic carbocycles. The predicted molar refractivity (Wildman–Crippen MR) is 72.4 cm³/mol. The normalized spacial score (nSPS) is 13.5. The summed E-state index contributed by atoms with van der Waals surface area (Å²) in [6.45, 7) is 17.3. The minimum atomic E-state index is 0. The first kappa shape index (κ1) is 22.7. The molecule has 0 aliphatic carbocycles. The van der Waals surface area contributed by atoms with Gasteiger partial charge >= 0.3 is 18.6 Å². The minimum absolute atomic E-state index is 0. The van der Waals surface area contributed by atoms with Gasteiger partial charge in [0.2, 0.25) is 0 Å². The Morgan fingerprint density at radius 3 is 1.89 bits per heavy atom. The van der Waals surface area contributed by atoms with Crippen molar-refractivity contribution in [3.05, 3.63) is 39.5 Å². The Hall–Kier alpha value is -0.416. The summed E-state index contributed by atoms with van der Waals surface area (Å²) in [5.41, 5.74) is 0. The molecule has 18 heavy (non-hydrogen) atoms. The van der Waals surface area contributed by atoms with Gasteiger partial charge in [0.05, 0.1) is 0 Å². The Balaban J connectivity index is -0.000000225. The summed E-state index contributed by atoms with van der Waals surface area (Å²) in [5, 5.41) is 3.51. The van der Waals surface area contributed by atoms with Crippen molar-refractivity contribution in [2.24, 2.45) is 0 Å². The van der Waals surface area contributed by atoms with Crippen LogP contribution in [-0.2, 0) is 28.2 Å². The van der Waals surface area contributed by atoms with Crippen LogP contribution in [0.1, 0.15) is 20.3 Å². The summed E-state index contributed by atoms with van der Waals surface area (Å²) in [6, 6.07) is 0. The third-order valence-corrected chi connectivity index (χ3v) is 2.01. The third kappa shape index (κ3) is 12.1. The maximum Gasteiger partial charge on any atom is 2.00 e. The van der Waals surface area contributed by atoms with E-state index in [0.717, 1.165) is 13.1 Å². The van der Waals surface area contributed by atoms with Crippen LogP contribution in [0.25, 0.3) is 0 Å². The molecule has 0 saturated carbocycles. The van der Waals surface area contributed by atoms with E-state index in [4.69, 9.17) is 9.68 Å². The second-order valence-corrected chi connectivity index (χ2v) is 3.11. The molecule has 4 nitrogen and oxygen atoms in total. The van der Waals surface area contributed by atoms with Gasteiger partial charge in [0, 0.05) is 13.1 Å². The summed E-state index contributed by atoms with van der Waals surface area (Å²) in [7, 11) is 0. The molecule has 1 aliphatic rings. The summed E-state index contributed by atoms with van der Waals surface area (Å²) in [5.74, 6) is 0. The summed E-state index contributed by atoms with van der Waals surface area (Å²) < 4.78 is 0. The van der Waals surface area contributed by atoms with Crippen molar-refractivity contribution < 1.29 is 28.2 Å². The van der Waals surface area contributed by atoms with E-state index in [0.29, 0.717) is 13.1 Å². The molecule has 0 bridgehead atoms. The van der Waals surface area contributed by atoms with Crippen LogP contribution >= 0.6 is 0 Å². The van der Waals surface area contributed by atoms with Crippen molar-refractivity contribution in [2.75, 3.05) is 26.2 Å². The SMILES string of the molecule is C.C=CON(C[CH2-])C[CH2-].C=CON1CCCC1.[V+2]. The van der Waals surface area contributed by atoms with Crippen molar-refractivity contribution in [3.63, 3.8) is 0 Å². The van der Waals surface area contributed by atoms with Crippen molar-refractivity contribution in [1.82, 2.24) is 10.1 Å². The van der Waals surface area contributed by atoms with Gasteiger partial charge in [-0.2, -0.15) is 0 Å². The van der Waals surface area contributed by atoms with E-state index >= 15 is 0 Å². The van der Waals surface area contributed by atoms with Gasteiger partial charge in [0.1, 0.15) is 12.5 Å². The Bertz CT molecular complexity index is 174. The van der Waals surface area contributed by atoms with Gasteiger partial charge in [-0.25, -0.2) is 5.06 Å². The van der Waals surface area contributed by atoms with Crippen LogP contribution in [0, 0.1) is 13.8 Å². The molecule has 0 amide bonds.